The smallest absolute Gasteiger partial charge is 0.220 e. The molecule has 2 rings (SSSR count). The van der Waals surface area contributed by atoms with Gasteiger partial charge in [-0.1, -0.05) is 31.4 Å². The molecule has 0 heterocycles. The fourth-order valence-electron chi connectivity index (χ4n) is 2.24. The highest BCUT2D eigenvalue weighted by Crippen LogP contribution is 2.30. The largest absolute Gasteiger partial charge is 0.399 e. The molecule has 1 aliphatic carbocycles. The molecule has 1 aromatic rings. The molecule has 0 unspecified atom stereocenters. The summed E-state index contributed by atoms with van der Waals surface area (Å²) >= 11 is 0. The maximum atomic E-state index is 11.6. The van der Waals surface area contributed by atoms with Crippen LogP contribution in [0.15, 0.2) is 24.3 Å². The number of nitrogens with two attached hydrogens (primary N) is 1. The number of amides is 1. The molecule has 3 N–H and O–H groups in total. The van der Waals surface area contributed by atoms with Gasteiger partial charge in [-0.05, 0) is 36.5 Å². The second-order valence-electron chi connectivity index (χ2n) is 5.18. The van der Waals surface area contributed by atoms with E-state index in [4.69, 9.17) is 5.73 Å². The van der Waals surface area contributed by atoms with Crippen LogP contribution < -0.4 is 11.1 Å². The quantitative estimate of drug-likeness (QED) is 0.788. The predicted molar refractivity (Wildman–Crippen MR) is 81.4 cm³/mol. The Bertz CT molecular complexity index is 388. The molecule has 1 fully saturated rings. The number of anilines is 1. The zero-order valence-electron chi connectivity index (χ0n) is 11.2. The third-order valence-electron chi connectivity index (χ3n) is 3.72. The standard InChI is InChI=1S/C15H22N2O.ClH/c16-14-7-4-13(5-8-14)10-11-17-15(18)9-6-12-2-1-3-12;/h4-5,7-8,12H,1-3,6,9-11,16H2,(H,17,18);1H. The van der Waals surface area contributed by atoms with Crippen molar-refractivity contribution >= 4 is 24.0 Å². The molecule has 0 bridgehead atoms. The lowest BCUT2D eigenvalue weighted by Gasteiger charge is -2.24. The number of rotatable bonds is 6. The van der Waals surface area contributed by atoms with Gasteiger partial charge >= 0.3 is 0 Å². The Morgan fingerprint density at radius 3 is 2.53 bits per heavy atom. The molecule has 0 aliphatic heterocycles. The van der Waals surface area contributed by atoms with E-state index in [1.54, 1.807) is 0 Å². The molecule has 0 saturated heterocycles. The number of hydrogen-bond acceptors (Lipinski definition) is 2. The molecule has 106 valence electrons. The van der Waals surface area contributed by atoms with Gasteiger partial charge in [-0.25, -0.2) is 0 Å². The Morgan fingerprint density at radius 1 is 1.26 bits per heavy atom. The van der Waals surface area contributed by atoms with Crippen molar-refractivity contribution in [3.8, 4) is 0 Å². The molecule has 0 atom stereocenters. The van der Waals surface area contributed by atoms with Crippen LogP contribution in [0.5, 0.6) is 0 Å². The SMILES string of the molecule is Cl.Nc1ccc(CCNC(=O)CCC2CCC2)cc1. The molecular formula is C15H23ClN2O. The van der Waals surface area contributed by atoms with E-state index in [1.165, 1.54) is 24.8 Å². The van der Waals surface area contributed by atoms with Crippen LogP contribution >= 0.6 is 12.4 Å². The minimum atomic E-state index is 0. The van der Waals surface area contributed by atoms with Gasteiger partial charge in [0.1, 0.15) is 0 Å². The average Bonchev–Trinajstić information content (AvgIpc) is 2.30. The summed E-state index contributed by atoms with van der Waals surface area (Å²) in [6.45, 7) is 0.716. The Labute approximate surface area is 121 Å². The summed E-state index contributed by atoms with van der Waals surface area (Å²) in [5.41, 5.74) is 7.61. The first-order chi connectivity index (χ1) is 8.74. The molecule has 0 aromatic heterocycles. The van der Waals surface area contributed by atoms with E-state index in [9.17, 15) is 4.79 Å². The lowest BCUT2D eigenvalue weighted by molar-refractivity contribution is -0.121. The molecule has 19 heavy (non-hydrogen) atoms. The molecule has 0 spiro atoms. The number of benzene rings is 1. The summed E-state index contributed by atoms with van der Waals surface area (Å²) in [5, 5.41) is 2.98. The van der Waals surface area contributed by atoms with E-state index in [0.29, 0.717) is 13.0 Å². The highest BCUT2D eigenvalue weighted by Gasteiger charge is 2.17. The van der Waals surface area contributed by atoms with Crippen LogP contribution in [0.1, 0.15) is 37.7 Å². The van der Waals surface area contributed by atoms with Crippen molar-refractivity contribution in [2.24, 2.45) is 5.92 Å². The number of nitrogen functional groups attached to an aromatic ring is 1. The van der Waals surface area contributed by atoms with Crippen molar-refractivity contribution in [3.05, 3.63) is 29.8 Å². The Balaban J connectivity index is 0.00000180. The van der Waals surface area contributed by atoms with E-state index in [0.717, 1.165) is 24.4 Å². The lowest BCUT2D eigenvalue weighted by atomic mass is 9.82. The van der Waals surface area contributed by atoms with Gasteiger partial charge in [0.25, 0.3) is 0 Å². The van der Waals surface area contributed by atoms with Crippen molar-refractivity contribution in [3.63, 3.8) is 0 Å². The number of nitrogens with one attached hydrogen (secondary N) is 1. The van der Waals surface area contributed by atoms with Crippen LogP contribution in [0.4, 0.5) is 5.69 Å². The van der Waals surface area contributed by atoms with Crippen molar-refractivity contribution in [1.29, 1.82) is 0 Å². The van der Waals surface area contributed by atoms with Crippen LogP contribution in [-0.4, -0.2) is 12.5 Å². The summed E-state index contributed by atoms with van der Waals surface area (Å²) in [7, 11) is 0. The van der Waals surface area contributed by atoms with Crippen LogP contribution in [0.2, 0.25) is 0 Å². The summed E-state index contributed by atoms with van der Waals surface area (Å²) in [6, 6.07) is 7.81. The first kappa shape index (κ1) is 15.8. The normalized spacial score (nSPS) is 14.3. The molecule has 0 radical (unpaired) electrons. The molecule has 4 heteroatoms. The van der Waals surface area contributed by atoms with Crippen molar-refractivity contribution in [1.82, 2.24) is 5.32 Å². The van der Waals surface area contributed by atoms with Crippen LogP contribution in [0, 0.1) is 5.92 Å². The van der Waals surface area contributed by atoms with Crippen molar-refractivity contribution < 1.29 is 4.79 Å². The third kappa shape index (κ3) is 5.52. The van der Waals surface area contributed by atoms with Gasteiger partial charge in [0.2, 0.25) is 5.91 Å². The van der Waals surface area contributed by atoms with E-state index in [2.05, 4.69) is 5.32 Å². The summed E-state index contributed by atoms with van der Waals surface area (Å²) in [4.78, 5) is 11.6. The highest BCUT2D eigenvalue weighted by molar-refractivity contribution is 5.85. The van der Waals surface area contributed by atoms with Crippen LogP contribution in [0.25, 0.3) is 0 Å². The van der Waals surface area contributed by atoms with Gasteiger partial charge in [-0.2, -0.15) is 0 Å². The van der Waals surface area contributed by atoms with Crippen LogP contribution in [0.3, 0.4) is 0 Å². The number of halogens is 1. The zero-order chi connectivity index (χ0) is 12.8. The minimum Gasteiger partial charge on any atom is -0.399 e. The summed E-state index contributed by atoms with van der Waals surface area (Å²) in [6.07, 6.45) is 6.61. The number of carbonyl (C=O) groups excluding carboxylic acids is 1. The molecule has 3 nitrogen and oxygen atoms in total. The van der Waals surface area contributed by atoms with Gasteiger partial charge in [-0.3, -0.25) is 4.79 Å². The summed E-state index contributed by atoms with van der Waals surface area (Å²) < 4.78 is 0. The van der Waals surface area contributed by atoms with E-state index < -0.39 is 0 Å². The predicted octanol–water partition coefficient (Wildman–Crippen LogP) is 2.93. The Kier molecular flexibility index (Phi) is 6.71. The topological polar surface area (TPSA) is 55.1 Å². The first-order valence-corrected chi connectivity index (χ1v) is 6.85. The van der Waals surface area contributed by atoms with Gasteiger partial charge in [0, 0.05) is 18.7 Å². The van der Waals surface area contributed by atoms with Crippen molar-refractivity contribution in [2.45, 2.75) is 38.5 Å². The van der Waals surface area contributed by atoms with Gasteiger partial charge in [0.15, 0.2) is 0 Å². The van der Waals surface area contributed by atoms with E-state index in [1.807, 2.05) is 24.3 Å². The number of hydrogen-bond donors (Lipinski definition) is 2. The third-order valence-corrected chi connectivity index (χ3v) is 3.72. The average molecular weight is 283 g/mol. The van der Waals surface area contributed by atoms with Crippen molar-refractivity contribution in [2.75, 3.05) is 12.3 Å². The van der Waals surface area contributed by atoms with Gasteiger partial charge < -0.3 is 11.1 Å². The second-order valence-corrected chi connectivity index (χ2v) is 5.18. The molecule has 1 aliphatic rings. The monoisotopic (exact) mass is 282 g/mol. The Morgan fingerprint density at radius 2 is 1.95 bits per heavy atom. The van der Waals surface area contributed by atoms with Crippen LogP contribution in [-0.2, 0) is 11.2 Å². The number of carbonyl (C=O) groups is 1. The first-order valence-electron chi connectivity index (χ1n) is 6.85. The molecule has 1 aromatic carbocycles. The van der Waals surface area contributed by atoms with Gasteiger partial charge in [-0.15, -0.1) is 12.4 Å². The molecular weight excluding hydrogens is 260 g/mol. The van der Waals surface area contributed by atoms with E-state index >= 15 is 0 Å². The van der Waals surface area contributed by atoms with E-state index in [-0.39, 0.29) is 18.3 Å². The fraction of sp³-hybridized carbons (Fsp3) is 0.533. The fourth-order valence-corrected chi connectivity index (χ4v) is 2.24. The maximum absolute atomic E-state index is 11.6. The second kappa shape index (κ2) is 8.05. The highest BCUT2D eigenvalue weighted by atomic mass is 35.5. The zero-order valence-corrected chi connectivity index (χ0v) is 12.0. The summed E-state index contributed by atoms with van der Waals surface area (Å²) in [5.74, 6) is 1.00. The molecule has 1 saturated carbocycles. The maximum Gasteiger partial charge on any atom is 0.220 e. The minimum absolute atomic E-state index is 0. The lowest BCUT2D eigenvalue weighted by Crippen LogP contribution is -2.26. The molecule has 1 amide bonds. The Hall–Kier alpha value is -1.22. The van der Waals surface area contributed by atoms with Gasteiger partial charge in [0.05, 0.1) is 0 Å².